The Hall–Kier alpha value is -1.13. The van der Waals surface area contributed by atoms with E-state index in [-0.39, 0.29) is 11.9 Å². The molecule has 1 rings (SSSR count). The van der Waals surface area contributed by atoms with Crippen molar-refractivity contribution < 1.29 is 13.9 Å². The molecule has 0 aromatic heterocycles. The molecule has 15 heavy (non-hydrogen) atoms. The van der Waals surface area contributed by atoms with Crippen molar-refractivity contribution >= 4 is 0 Å². The van der Waals surface area contributed by atoms with Crippen molar-refractivity contribution in [1.29, 1.82) is 0 Å². The molecule has 3 nitrogen and oxygen atoms in total. The Morgan fingerprint density at radius 1 is 1.40 bits per heavy atom. The molecule has 1 aromatic rings. The monoisotopic (exact) mass is 213 g/mol. The number of methoxy groups -OCH3 is 1. The summed E-state index contributed by atoms with van der Waals surface area (Å²) in [5, 5.41) is 0. The van der Waals surface area contributed by atoms with Gasteiger partial charge >= 0.3 is 0 Å². The Balaban J connectivity index is 2.77. The van der Waals surface area contributed by atoms with E-state index in [0.29, 0.717) is 19.0 Å². The number of rotatable bonds is 5. The van der Waals surface area contributed by atoms with Crippen molar-refractivity contribution in [3.63, 3.8) is 0 Å². The summed E-state index contributed by atoms with van der Waals surface area (Å²) >= 11 is 0. The van der Waals surface area contributed by atoms with E-state index < -0.39 is 0 Å². The molecule has 4 heteroatoms. The van der Waals surface area contributed by atoms with Crippen LogP contribution in [0.4, 0.5) is 4.39 Å². The lowest BCUT2D eigenvalue weighted by atomic mass is 10.1. The van der Waals surface area contributed by atoms with Crippen LogP contribution in [0.15, 0.2) is 18.2 Å². The Morgan fingerprint density at radius 3 is 2.73 bits per heavy atom. The largest absolute Gasteiger partial charge is 0.491 e. The van der Waals surface area contributed by atoms with E-state index in [9.17, 15) is 4.39 Å². The SMILES string of the molecule is COCCOc1cc(F)ccc1[C@@H](C)N. The molecule has 1 atom stereocenters. The lowest BCUT2D eigenvalue weighted by Gasteiger charge is -2.13. The van der Waals surface area contributed by atoms with E-state index in [1.807, 2.05) is 6.92 Å². The van der Waals surface area contributed by atoms with Crippen molar-refractivity contribution in [2.24, 2.45) is 5.73 Å². The van der Waals surface area contributed by atoms with Crippen LogP contribution in [0.1, 0.15) is 18.5 Å². The van der Waals surface area contributed by atoms with Crippen molar-refractivity contribution in [3.05, 3.63) is 29.6 Å². The van der Waals surface area contributed by atoms with Gasteiger partial charge in [-0.3, -0.25) is 0 Å². The third-order valence-electron chi connectivity index (χ3n) is 2.01. The fraction of sp³-hybridized carbons (Fsp3) is 0.455. The molecule has 0 heterocycles. The Labute approximate surface area is 89.0 Å². The van der Waals surface area contributed by atoms with Gasteiger partial charge in [-0.25, -0.2) is 4.39 Å². The van der Waals surface area contributed by atoms with E-state index in [1.165, 1.54) is 12.1 Å². The number of ether oxygens (including phenoxy) is 2. The van der Waals surface area contributed by atoms with E-state index in [0.717, 1.165) is 5.56 Å². The number of benzene rings is 1. The highest BCUT2D eigenvalue weighted by atomic mass is 19.1. The van der Waals surface area contributed by atoms with Gasteiger partial charge in [0.25, 0.3) is 0 Å². The predicted octanol–water partition coefficient (Wildman–Crippen LogP) is 1.87. The minimum Gasteiger partial charge on any atom is -0.491 e. The first-order chi connectivity index (χ1) is 7.15. The summed E-state index contributed by atoms with van der Waals surface area (Å²) in [5.74, 6) is 0.161. The second-order valence-electron chi connectivity index (χ2n) is 3.31. The highest BCUT2D eigenvalue weighted by Gasteiger charge is 2.09. The van der Waals surface area contributed by atoms with Crippen molar-refractivity contribution in [1.82, 2.24) is 0 Å². The van der Waals surface area contributed by atoms with Crippen LogP contribution in [-0.2, 0) is 4.74 Å². The summed E-state index contributed by atoms with van der Waals surface area (Å²) in [6.07, 6.45) is 0. The number of nitrogens with two attached hydrogens (primary N) is 1. The lowest BCUT2D eigenvalue weighted by molar-refractivity contribution is 0.145. The van der Waals surface area contributed by atoms with Crippen molar-refractivity contribution in [2.75, 3.05) is 20.3 Å². The fourth-order valence-electron chi connectivity index (χ4n) is 1.24. The minimum atomic E-state index is -0.327. The lowest BCUT2D eigenvalue weighted by Crippen LogP contribution is -2.11. The summed E-state index contributed by atoms with van der Waals surface area (Å²) in [5.41, 5.74) is 6.53. The summed E-state index contributed by atoms with van der Waals surface area (Å²) in [6.45, 7) is 2.69. The van der Waals surface area contributed by atoms with Crippen molar-refractivity contribution in [3.8, 4) is 5.75 Å². The van der Waals surface area contributed by atoms with Gasteiger partial charge in [0.1, 0.15) is 18.2 Å². The van der Waals surface area contributed by atoms with Gasteiger partial charge in [0, 0.05) is 24.8 Å². The zero-order valence-electron chi connectivity index (χ0n) is 9.00. The number of halogens is 1. The molecule has 0 radical (unpaired) electrons. The van der Waals surface area contributed by atoms with Crippen LogP contribution in [0.25, 0.3) is 0 Å². The smallest absolute Gasteiger partial charge is 0.127 e. The predicted molar refractivity (Wildman–Crippen MR) is 56.4 cm³/mol. The molecule has 0 spiro atoms. The van der Waals surface area contributed by atoms with Crippen LogP contribution in [0.3, 0.4) is 0 Å². The van der Waals surface area contributed by atoms with Gasteiger partial charge in [-0.2, -0.15) is 0 Å². The molecule has 1 aromatic carbocycles. The van der Waals surface area contributed by atoms with Gasteiger partial charge in [0.15, 0.2) is 0 Å². The first-order valence-electron chi connectivity index (χ1n) is 4.82. The van der Waals surface area contributed by atoms with Crippen LogP contribution < -0.4 is 10.5 Å². The quantitative estimate of drug-likeness (QED) is 0.759. The van der Waals surface area contributed by atoms with Gasteiger partial charge in [0.05, 0.1) is 6.61 Å². The van der Waals surface area contributed by atoms with Gasteiger partial charge < -0.3 is 15.2 Å². The van der Waals surface area contributed by atoms with Crippen LogP contribution >= 0.6 is 0 Å². The van der Waals surface area contributed by atoms with Gasteiger partial charge in [-0.1, -0.05) is 6.07 Å². The number of hydrogen-bond acceptors (Lipinski definition) is 3. The summed E-state index contributed by atoms with van der Waals surface area (Å²) < 4.78 is 23.2. The van der Waals surface area contributed by atoms with Crippen LogP contribution in [0.2, 0.25) is 0 Å². The maximum atomic E-state index is 13.0. The third kappa shape index (κ3) is 3.49. The number of hydrogen-bond donors (Lipinski definition) is 1. The normalized spacial score (nSPS) is 12.5. The average Bonchev–Trinajstić information content (AvgIpc) is 2.18. The Morgan fingerprint density at radius 2 is 2.13 bits per heavy atom. The molecule has 0 unspecified atom stereocenters. The highest BCUT2D eigenvalue weighted by Crippen LogP contribution is 2.24. The van der Waals surface area contributed by atoms with E-state index in [4.69, 9.17) is 15.2 Å². The average molecular weight is 213 g/mol. The standard InChI is InChI=1S/C11H16FNO2/c1-8(13)10-4-3-9(12)7-11(10)15-6-5-14-2/h3-4,7-8H,5-6,13H2,1-2H3/t8-/m1/s1. The molecule has 0 aliphatic rings. The minimum absolute atomic E-state index is 0.178. The second-order valence-corrected chi connectivity index (χ2v) is 3.31. The van der Waals surface area contributed by atoms with E-state index >= 15 is 0 Å². The molecule has 2 N–H and O–H groups in total. The first kappa shape index (κ1) is 11.9. The third-order valence-corrected chi connectivity index (χ3v) is 2.01. The maximum absolute atomic E-state index is 13.0. The van der Waals surface area contributed by atoms with E-state index in [2.05, 4.69) is 0 Å². The molecular formula is C11H16FNO2. The zero-order valence-corrected chi connectivity index (χ0v) is 9.00. The second kappa shape index (κ2) is 5.68. The molecule has 0 saturated heterocycles. The van der Waals surface area contributed by atoms with E-state index in [1.54, 1.807) is 13.2 Å². The molecule has 84 valence electrons. The first-order valence-corrected chi connectivity index (χ1v) is 4.82. The fourth-order valence-corrected chi connectivity index (χ4v) is 1.24. The molecule has 0 fully saturated rings. The molecule has 0 aliphatic heterocycles. The maximum Gasteiger partial charge on any atom is 0.127 e. The highest BCUT2D eigenvalue weighted by molar-refractivity contribution is 5.36. The molecule has 0 bridgehead atoms. The van der Waals surface area contributed by atoms with Gasteiger partial charge in [-0.05, 0) is 13.0 Å². The zero-order chi connectivity index (χ0) is 11.3. The molecular weight excluding hydrogens is 197 g/mol. The summed E-state index contributed by atoms with van der Waals surface area (Å²) in [4.78, 5) is 0. The Kier molecular flexibility index (Phi) is 4.52. The Bertz CT molecular complexity index is 315. The molecule has 0 aliphatic carbocycles. The summed E-state index contributed by atoms with van der Waals surface area (Å²) in [6, 6.07) is 4.18. The molecule has 0 amide bonds. The van der Waals surface area contributed by atoms with Gasteiger partial charge in [0.2, 0.25) is 0 Å². The van der Waals surface area contributed by atoms with Crippen LogP contribution in [0, 0.1) is 5.82 Å². The van der Waals surface area contributed by atoms with Crippen LogP contribution in [-0.4, -0.2) is 20.3 Å². The van der Waals surface area contributed by atoms with Gasteiger partial charge in [-0.15, -0.1) is 0 Å². The van der Waals surface area contributed by atoms with Crippen molar-refractivity contribution in [2.45, 2.75) is 13.0 Å². The molecule has 0 saturated carbocycles. The summed E-state index contributed by atoms with van der Waals surface area (Å²) in [7, 11) is 1.58. The topological polar surface area (TPSA) is 44.5 Å². The van der Waals surface area contributed by atoms with Crippen LogP contribution in [0.5, 0.6) is 5.75 Å².